The molecule has 0 saturated carbocycles. The molecule has 0 bridgehead atoms. The van der Waals surface area contributed by atoms with Gasteiger partial charge in [-0.15, -0.1) is 11.8 Å². The normalized spacial score (nSPS) is 12.1. The van der Waals surface area contributed by atoms with Gasteiger partial charge in [0.2, 0.25) is 0 Å². The van der Waals surface area contributed by atoms with Crippen LogP contribution in [0.15, 0.2) is 47.8 Å². The molecule has 0 aliphatic heterocycles. The number of para-hydroxylation sites is 1. The molecule has 0 fully saturated rings. The lowest BCUT2D eigenvalue weighted by molar-refractivity contribution is 0.824. The van der Waals surface area contributed by atoms with E-state index >= 15 is 0 Å². The Labute approximate surface area is 106 Å². The number of benzene rings is 1. The van der Waals surface area contributed by atoms with Gasteiger partial charge in [0.1, 0.15) is 0 Å². The van der Waals surface area contributed by atoms with E-state index in [1.165, 1.54) is 4.90 Å². The summed E-state index contributed by atoms with van der Waals surface area (Å²) < 4.78 is 0. The first-order valence-corrected chi connectivity index (χ1v) is 6.69. The summed E-state index contributed by atoms with van der Waals surface area (Å²) in [6, 6.07) is 8.42. The number of aromatic nitrogens is 2. The highest BCUT2D eigenvalue weighted by molar-refractivity contribution is 7.98. The summed E-state index contributed by atoms with van der Waals surface area (Å²) in [7, 11) is 0. The third kappa shape index (κ3) is 2.97. The summed E-state index contributed by atoms with van der Waals surface area (Å²) in [6.07, 6.45) is 7.27. The molecular formula is C13H15N3S. The molecule has 1 unspecified atom stereocenters. The van der Waals surface area contributed by atoms with E-state index in [-0.39, 0.29) is 6.04 Å². The van der Waals surface area contributed by atoms with Gasteiger partial charge in [-0.2, -0.15) is 0 Å². The minimum atomic E-state index is 0.150. The molecule has 0 spiro atoms. The Hall–Kier alpha value is -1.55. The fraction of sp³-hybridized carbons (Fsp3) is 0.231. The Balaban J connectivity index is 2.16. The van der Waals surface area contributed by atoms with Crippen LogP contribution in [0.25, 0.3) is 0 Å². The van der Waals surface area contributed by atoms with E-state index in [9.17, 15) is 0 Å². The molecule has 3 nitrogen and oxygen atoms in total. The zero-order chi connectivity index (χ0) is 12.1. The molecule has 1 heterocycles. The SMILES string of the molecule is CSc1ccccc1NC(C)c1cnccn1. The van der Waals surface area contributed by atoms with Crippen molar-refractivity contribution >= 4 is 17.4 Å². The van der Waals surface area contributed by atoms with Gasteiger partial charge in [0.05, 0.1) is 17.9 Å². The van der Waals surface area contributed by atoms with Crippen LogP contribution in [0.3, 0.4) is 0 Å². The van der Waals surface area contributed by atoms with Crippen LogP contribution in [0.4, 0.5) is 5.69 Å². The summed E-state index contributed by atoms with van der Waals surface area (Å²) in [5.74, 6) is 0. The molecule has 0 radical (unpaired) electrons. The molecule has 1 aromatic heterocycles. The van der Waals surface area contributed by atoms with Gasteiger partial charge in [0, 0.05) is 23.0 Å². The number of hydrogen-bond acceptors (Lipinski definition) is 4. The van der Waals surface area contributed by atoms with Gasteiger partial charge in [0.25, 0.3) is 0 Å². The van der Waals surface area contributed by atoms with Crippen molar-refractivity contribution in [3.8, 4) is 0 Å². The average molecular weight is 245 g/mol. The second kappa shape index (κ2) is 5.68. The number of thioether (sulfide) groups is 1. The van der Waals surface area contributed by atoms with Crippen LogP contribution in [0.1, 0.15) is 18.7 Å². The van der Waals surface area contributed by atoms with Crippen molar-refractivity contribution in [1.82, 2.24) is 9.97 Å². The topological polar surface area (TPSA) is 37.8 Å². The van der Waals surface area contributed by atoms with Gasteiger partial charge in [-0.3, -0.25) is 9.97 Å². The Morgan fingerprint density at radius 1 is 1.24 bits per heavy atom. The summed E-state index contributed by atoms with van der Waals surface area (Å²) in [5, 5.41) is 3.45. The molecule has 88 valence electrons. The largest absolute Gasteiger partial charge is 0.376 e. The molecule has 4 heteroatoms. The van der Waals surface area contributed by atoms with Crippen molar-refractivity contribution in [3.63, 3.8) is 0 Å². The first-order chi connectivity index (χ1) is 8.31. The van der Waals surface area contributed by atoms with Gasteiger partial charge in [-0.05, 0) is 25.3 Å². The molecule has 1 atom stereocenters. The summed E-state index contributed by atoms with van der Waals surface area (Å²) >= 11 is 1.73. The first-order valence-electron chi connectivity index (χ1n) is 5.46. The molecule has 1 aromatic carbocycles. The predicted octanol–water partition coefficient (Wildman–Crippen LogP) is 3.37. The predicted molar refractivity (Wildman–Crippen MR) is 72.3 cm³/mol. The number of anilines is 1. The summed E-state index contributed by atoms with van der Waals surface area (Å²) in [5.41, 5.74) is 2.08. The average Bonchev–Trinajstić information content (AvgIpc) is 2.40. The molecule has 1 N–H and O–H groups in total. The molecule has 2 aromatic rings. The Kier molecular flexibility index (Phi) is 3.98. The highest BCUT2D eigenvalue weighted by atomic mass is 32.2. The minimum absolute atomic E-state index is 0.150. The van der Waals surface area contributed by atoms with Crippen molar-refractivity contribution in [1.29, 1.82) is 0 Å². The molecule has 0 aliphatic carbocycles. The number of hydrogen-bond donors (Lipinski definition) is 1. The Bertz CT molecular complexity index is 473. The maximum Gasteiger partial charge on any atom is 0.0806 e. The first kappa shape index (κ1) is 11.9. The highest BCUT2D eigenvalue weighted by Crippen LogP contribution is 2.27. The number of nitrogens with one attached hydrogen (secondary N) is 1. The van der Waals surface area contributed by atoms with Gasteiger partial charge in [-0.1, -0.05) is 12.1 Å². The van der Waals surface area contributed by atoms with Gasteiger partial charge in [-0.25, -0.2) is 0 Å². The van der Waals surface area contributed by atoms with Crippen molar-refractivity contribution in [2.24, 2.45) is 0 Å². The van der Waals surface area contributed by atoms with Crippen LogP contribution in [-0.4, -0.2) is 16.2 Å². The van der Waals surface area contributed by atoms with E-state index in [4.69, 9.17) is 0 Å². The quantitative estimate of drug-likeness (QED) is 0.838. The van der Waals surface area contributed by atoms with Crippen LogP contribution in [-0.2, 0) is 0 Å². The lowest BCUT2D eigenvalue weighted by atomic mass is 10.2. The Morgan fingerprint density at radius 2 is 2.06 bits per heavy atom. The van der Waals surface area contributed by atoms with Crippen LogP contribution < -0.4 is 5.32 Å². The molecule has 0 saturated heterocycles. The van der Waals surface area contributed by atoms with E-state index in [1.54, 1.807) is 30.4 Å². The number of nitrogens with zero attached hydrogens (tertiary/aromatic N) is 2. The van der Waals surface area contributed by atoms with E-state index in [0.717, 1.165) is 11.4 Å². The maximum absolute atomic E-state index is 4.30. The zero-order valence-corrected chi connectivity index (χ0v) is 10.7. The molecule has 17 heavy (non-hydrogen) atoms. The molecule has 0 amide bonds. The van der Waals surface area contributed by atoms with E-state index in [0.29, 0.717) is 0 Å². The number of rotatable bonds is 4. The molecular weight excluding hydrogens is 230 g/mol. The molecule has 2 rings (SSSR count). The van der Waals surface area contributed by atoms with Crippen LogP contribution in [0.2, 0.25) is 0 Å². The fourth-order valence-electron chi connectivity index (χ4n) is 1.61. The third-order valence-corrected chi connectivity index (χ3v) is 3.30. The maximum atomic E-state index is 4.30. The lowest BCUT2D eigenvalue weighted by Crippen LogP contribution is -2.09. The second-order valence-corrected chi connectivity index (χ2v) is 4.54. The van der Waals surface area contributed by atoms with E-state index in [1.807, 2.05) is 12.1 Å². The highest BCUT2D eigenvalue weighted by Gasteiger charge is 2.08. The van der Waals surface area contributed by atoms with Crippen LogP contribution in [0.5, 0.6) is 0 Å². The lowest BCUT2D eigenvalue weighted by Gasteiger charge is -2.16. The van der Waals surface area contributed by atoms with E-state index in [2.05, 4.69) is 40.6 Å². The monoisotopic (exact) mass is 245 g/mol. The van der Waals surface area contributed by atoms with Gasteiger partial charge >= 0.3 is 0 Å². The van der Waals surface area contributed by atoms with Gasteiger partial charge < -0.3 is 5.32 Å². The minimum Gasteiger partial charge on any atom is -0.376 e. The molecule has 0 aliphatic rings. The summed E-state index contributed by atoms with van der Waals surface area (Å²) in [4.78, 5) is 9.62. The van der Waals surface area contributed by atoms with Crippen molar-refractivity contribution in [3.05, 3.63) is 48.5 Å². The zero-order valence-electron chi connectivity index (χ0n) is 9.92. The van der Waals surface area contributed by atoms with E-state index < -0.39 is 0 Å². The second-order valence-electron chi connectivity index (χ2n) is 3.70. The third-order valence-electron chi connectivity index (χ3n) is 2.51. The van der Waals surface area contributed by atoms with Gasteiger partial charge in [0.15, 0.2) is 0 Å². The Morgan fingerprint density at radius 3 is 2.76 bits per heavy atom. The van der Waals surface area contributed by atoms with Crippen LogP contribution >= 0.6 is 11.8 Å². The standard InChI is InChI=1S/C13H15N3S/c1-10(12-9-14-7-8-15-12)16-11-5-3-4-6-13(11)17-2/h3-10,16H,1-2H3. The van der Waals surface area contributed by atoms with Crippen molar-refractivity contribution in [2.45, 2.75) is 17.9 Å². The van der Waals surface area contributed by atoms with Crippen molar-refractivity contribution in [2.75, 3.05) is 11.6 Å². The smallest absolute Gasteiger partial charge is 0.0806 e. The van der Waals surface area contributed by atoms with Crippen LogP contribution in [0, 0.1) is 0 Å². The van der Waals surface area contributed by atoms with Crippen molar-refractivity contribution < 1.29 is 0 Å². The summed E-state index contributed by atoms with van der Waals surface area (Å²) in [6.45, 7) is 2.08. The fourth-order valence-corrected chi connectivity index (χ4v) is 2.17.